The molecule has 0 aliphatic carbocycles. The van der Waals surface area contributed by atoms with E-state index < -0.39 is 17.7 Å². The van der Waals surface area contributed by atoms with E-state index in [0.717, 1.165) is 49.7 Å². The highest BCUT2D eigenvalue weighted by atomic mass is 35.5. The number of alkyl halides is 3. The quantitative estimate of drug-likeness (QED) is 0.347. The number of hydrogen-bond acceptors (Lipinski definition) is 5. The number of carbonyl (C=O) groups is 3. The number of anilines is 2. The van der Waals surface area contributed by atoms with Gasteiger partial charge >= 0.3 is 12.2 Å². The molecular weight excluding hydrogens is 657 g/mol. The molecule has 3 saturated heterocycles. The number of hydrogen-bond donors (Lipinski definition) is 2. The summed E-state index contributed by atoms with van der Waals surface area (Å²) in [5.41, 5.74) is 1.06. The SMILES string of the molecule is CNc1c(Cl)cc(C[C@@H](CC(=O)N2CCC(N3CCc4ccccc4NC3=O)CC2)C(=O)N2CCC(N3CCCC3)CC2)cc1C(F)(F)F. The van der Waals surface area contributed by atoms with Crippen LogP contribution in [0, 0.1) is 5.92 Å². The van der Waals surface area contributed by atoms with Gasteiger partial charge < -0.3 is 30.2 Å². The highest BCUT2D eigenvalue weighted by Gasteiger charge is 2.38. The molecular formula is C36H46ClF3N6O3. The molecule has 4 aliphatic rings. The van der Waals surface area contributed by atoms with Gasteiger partial charge in [0, 0.05) is 64.0 Å². The molecule has 0 saturated carbocycles. The molecule has 0 aromatic heterocycles. The summed E-state index contributed by atoms with van der Waals surface area (Å²) in [6, 6.07) is 10.5. The fourth-order valence-electron chi connectivity index (χ4n) is 8.11. The first-order valence-corrected chi connectivity index (χ1v) is 17.9. The van der Waals surface area contributed by atoms with E-state index >= 15 is 0 Å². The van der Waals surface area contributed by atoms with E-state index in [1.54, 1.807) is 9.80 Å². The second-order valence-electron chi connectivity index (χ2n) is 13.8. The van der Waals surface area contributed by atoms with E-state index in [2.05, 4.69) is 15.5 Å². The maximum atomic E-state index is 14.1. The van der Waals surface area contributed by atoms with Crippen LogP contribution in [0.4, 0.5) is 29.3 Å². The smallest absolute Gasteiger partial charge is 0.386 e. The molecule has 49 heavy (non-hydrogen) atoms. The number of nitrogens with zero attached hydrogens (tertiary/aromatic N) is 4. The average molecular weight is 703 g/mol. The van der Waals surface area contributed by atoms with E-state index in [0.29, 0.717) is 51.6 Å². The number of fused-ring (bicyclic) bond motifs is 1. The fourth-order valence-corrected chi connectivity index (χ4v) is 8.45. The first-order chi connectivity index (χ1) is 23.5. The molecule has 0 spiro atoms. The zero-order valence-electron chi connectivity index (χ0n) is 28.0. The highest BCUT2D eigenvalue weighted by Crippen LogP contribution is 2.40. The monoisotopic (exact) mass is 702 g/mol. The van der Waals surface area contributed by atoms with Crippen molar-refractivity contribution in [2.24, 2.45) is 5.92 Å². The van der Waals surface area contributed by atoms with Crippen molar-refractivity contribution in [2.75, 3.05) is 63.5 Å². The Morgan fingerprint density at radius 1 is 0.939 bits per heavy atom. The Morgan fingerprint density at radius 2 is 1.59 bits per heavy atom. The van der Waals surface area contributed by atoms with Crippen molar-refractivity contribution in [2.45, 2.75) is 76.0 Å². The summed E-state index contributed by atoms with van der Waals surface area (Å²) in [6.45, 7) is 4.73. The molecule has 3 fully saturated rings. The lowest BCUT2D eigenvalue weighted by atomic mass is 9.91. The number of piperidine rings is 2. The van der Waals surface area contributed by atoms with Crippen LogP contribution in [0.3, 0.4) is 0 Å². The van der Waals surface area contributed by atoms with E-state index in [1.807, 2.05) is 29.2 Å². The van der Waals surface area contributed by atoms with Crippen molar-refractivity contribution in [1.82, 2.24) is 19.6 Å². The Hall–Kier alpha value is -3.51. The van der Waals surface area contributed by atoms with Crippen molar-refractivity contribution in [1.29, 1.82) is 0 Å². The number of urea groups is 1. The summed E-state index contributed by atoms with van der Waals surface area (Å²) in [5.74, 6) is -1.24. The minimum atomic E-state index is -4.65. The Morgan fingerprint density at radius 3 is 2.27 bits per heavy atom. The van der Waals surface area contributed by atoms with Crippen LogP contribution >= 0.6 is 11.6 Å². The van der Waals surface area contributed by atoms with E-state index in [1.165, 1.54) is 26.0 Å². The van der Waals surface area contributed by atoms with Crippen LogP contribution < -0.4 is 10.6 Å². The second kappa shape index (κ2) is 15.2. The number of carbonyl (C=O) groups excluding carboxylic acids is 3. The van der Waals surface area contributed by atoms with Gasteiger partial charge in [0.25, 0.3) is 0 Å². The first-order valence-electron chi connectivity index (χ1n) is 17.5. The van der Waals surface area contributed by atoms with Gasteiger partial charge in [0.2, 0.25) is 11.8 Å². The zero-order chi connectivity index (χ0) is 34.7. The minimum absolute atomic E-state index is 0.0266. The molecule has 4 heterocycles. The number of likely N-dealkylation sites (tertiary alicyclic amines) is 3. The maximum absolute atomic E-state index is 14.1. The molecule has 0 bridgehead atoms. The molecule has 0 unspecified atom stereocenters. The van der Waals surface area contributed by atoms with E-state index in [-0.39, 0.29) is 53.0 Å². The van der Waals surface area contributed by atoms with Crippen molar-refractivity contribution in [3.05, 3.63) is 58.1 Å². The summed E-state index contributed by atoms with van der Waals surface area (Å²) in [6.07, 6.45) is 1.22. The lowest BCUT2D eigenvalue weighted by Gasteiger charge is -2.39. The van der Waals surface area contributed by atoms with Gasteiger partial charge in [-0.1, -0.05) is 29.8 Å². The molecule has 4 aliphatic heterocycles. The lowest BCUT2D eigenvalue weighted by Crippen LogP contribution is -2.51. The number of halogens is 4. The van der Waals surface area contributed by atoms with Crippen LogP contribution in [-0.2, 0) is 28.6 Å². The van der Waals surface area contributed by atoms with Gasteiger partial charge in [0.05, 0.1) is 22.2 Å². The normalized spacial score (nSPS) is 20.5. The Labute approximate surface area is 291 Å². The molecule has 2 N–H and O–H groups in total. The minimum Gasteiger partial charge on any atom is -0.386 e. The summed E-state index contributed by atoms with van der Waals surface area (Å²) >= 11 is 6.31. The van der Waals surface area contributed by atoms with Crippen LogP contribution in [-0.4, -0.2) is 102 Å². The van der Waals surface area contributed by atoms with Gasteiger partial charge in [-0.2, -0.15) is 13.2 Å². The topological polar surface area (TPSA) is 88.2 Å². The molecule has 6 rings (SSSR count). The van der Waals surface area contributed by atoms with Crippen molar-refractivity contribution in [3.8, 4) is 0 Å². The molecule has 2 aromatic carbocycles. The van der Waals surface area contributed by atoms with Crippen LogP contribution in [0.5, 0.6) is 0 Å². The van der Waals surface area contributed by atoms with Gasteiger partial charge in [-0.25, -0.2) is 4.79 Å². The molecule has 0 radical (unpaired) electrons. The number of para-hydroxylation sites is 1. The standard InChI is InChI=1S/C36H46ClF3N6O3/c1-41-33-29(36(38,39)40)21-24(22-30(33)37)20-26(34(48)45-17-9-27(10-18-45)43-13-4-5-14-43)23-32(47)44-15-11-28(12-16-44)46-19-8-25-6-2-3-7-31(25)42-35(46)49/h2-3,6-7,21-22,26-28,41H,4-5,8-20,23H2,1H3,(H,42,49)/t26-/m0/s1. The Kier molecular flexibility index (Phi) is 10.9. The predicted octanol–water partition coefficient (Wildman–Crippen LogP) is 6.12. The maximum Gasteiger partial charge on any atom is 0.418 e. The Balaban J connectivity index is 1.14. The predicted molar refractivity (Wildman–Crippen MR) is 184 cm³/mol. The van der Waals surface area contributed by atoms with Gasteiger partial charge in [0.15, 0.2) is 0 Å². The molecule has 13 heteroatoms. The van der Waals surface area contributed by atoms with Gasteiger partial charge in [-0.05, 0) is 93.8 Å². The van der Waals surface area contributed by atoms with E-state index in [9.17, 15) is 27.6 Å². The van der Waals surface area contributed by atoms with Crippen LogP contribution in [0.1, 0.15) is 61.6 Å². The second-order valence-corrected chi connectivity index (χ2v) is 14.2. The number of rotatable bonds is 8. The third-order valence-corrected chi connectivity index (χ3v) is 11.1. The molecule has 266 valence electrons. The van der Waals surface area contributed by atoms with Gasteiger partial charge in [-0.3, -0.25) is 9.59 Å². The number of benzene rings is 2. The summed E-state index contributed by atoms with van der Waals surface area (Å²) in [7, 11) is 1.38. The lowest BCUT2D eigenvalue weighted by molar-refractivity contribution is -0.143. The van der Waals surface area contributed by atoms with Gasteiger partial charge in [0.1, 0.15) is 0 Å². The zero-order valence-corrected chi connectivity index (χ0v) is 28.8. The fraction of sp³-hybridized carbons (Fsp3) is 0.583. The molecule has 9 nitrogen and oxygen atoms in total. The van der Waals surface area contributed by atoms with Crippen molar-refractivity contribution >= 4 is 40.8 Å². The highest BCUT2D eigenvalue weighted by molar-refractivity contribution is 6.33. The third-order valence-electron chi connectivity index (χ3n) is 10.8. The molecule has 1 atom stereocenters. The average Bonchev–Trinajstić information content (AvgIpc) is 3.58. The Bertz CT molecular complexity index is 1520. The molecule has 4 amide bonds. The summed E-state index contributed by atoms with van der Waals surface area (Å²) < 4.78 is 42.0. The summed E-state index contributed by atoms with van der Waals surface area (Å²) in [4.78, 5) is 48.8. The first kappa shape index (κ1) is 35.3. The van der Waals surface area contributed by atoms with E-state index in [4.69, 9.17) is 11.6 Å². The third kappa shape index (κ3) is 8.11. The number of amides is 4. The van der Waals surface area contributed by atoms with Crippen molar-refractivity contribution < 1.29 is 27.6 Å². The van der Waals surface area contributed by atoms with Crippen LogP contribution in [0.2, 0.25) is 5.02 Å². The van der Waals surface area contributed by atoms with Crippen LogP contribution in [0.25, 0.3) is 0 Å². The van der Waals surface area contributed by atoms with Crippen LogP contribution in [0.15, 0.2) is 36.4 Å². The largest absolute Gasteiger partial charge is 0.418 e. The summed E-state index contributed by atoms with van der Waals surface area (Å²) in [5, 5.41) is 5.48. The van der Waals surface area contributed by atoms with Crippen molar-refractivity contribution in [3.63, 3.8) is 0 Å². The molecule has 2 aromatic rings. The van der Waals surface area contributed by atoms with Gasteiger partial charge in [-0.15, -0.1) is 0 Å². The number of nitrogens with one attached hydrogen (secondary N) is 2.